The minimum absolute atomic E-state index is 0.0138. The molecule has 12 nitrogen and oxygen atoms in total. The topological polar surface area (TPSA) is 142 Å². The minimum Gasteiger partial charge on any atom is -0.505 e. The van der Waals surface area contributed by atoms with Crippen LogP contribution in [0.3, 0.4) is 0 Å². The van der Waals surface area contributed by atoms with Gasteiger partial charge in [-0.05, 0) is 43.7 Å². The number of carbonyl (C=O) groups excluding carboxylic acids is 3. The van der Waals surface area contributed by atoms with Crippen LogP contribution in [0.2, 0.25) is 0 Å². The molecule has 1 atom stereocenters. The molecule has 1 aliphatic rings. The second-order valence-corrected chi connectivity index (χ2v) is 10.4. The molecule has 1 fully saturated rings. The largest absolute Gasteiger partial charge is 0.505 e. The lowest BCUT2D eigenvalue weighted by Crippen LogP contribution is -2.29. The fourth-order valence-corrected chi connectivity index (χ4v) is 5.99. The van der Waals surface area contributed by atoms with Crippen LogP contribution in [0.1, 0.15) is 38.4 Å². The van der Waals surface area contributed by atoms with Gasteiger partial charge in [0, 0.05) is 6.20 Å². The molecule has 222 valence electrons. The Balaban J connectivity index is 1.79. The average molecular weight is 605 g/mol. The maximum Gasteiger partial charge on any atom is 0.350 e. The Morgan fingerprint density at radius 3 is 2.40 bits per heavy atom. The molecule has 1 aromatic carbocycles. The number of hydrogen-bond acceptors (Lipinski definition) is 11. The molecule has 1 amide bonds. The first-order chi connectivity index (χ1) is 20.7. The van der Waals surface area contributed by atoms with E-state index in [4.69, 9.17) is 18.9 Å². The summed E-state index contributed by atoms with van der Waals surface area (Å²) in [6, 6.07) is 7.27. The number of ether oxygens (including phenoxy) is 4. The molecule has 3 aromatic heterocycles. The van der Waals surface area contributed by atoms with Crippen molar-refractivity contribution in [2.24, 2.45) is 0 Å². The van der Waals surface area contributed by atoms with Gasteiger partial charge < -0.3 is 24.1 Å². The number of pyridine rings is 1. The van der Waals surface area contributed by atoms with Gasteiger partial charge in [-0.1, -0.05) is 30.1 Å². The number of carbonyl (C=O) groups is 3. The van der Waals surface area contributed by atoms with Gasteiger partial charge in [0.05, 0.1) is 44.3 Å². The Morgan fingerprint density at radius 1 is 1.07 bits per heavy atom. The van der Waals surface area contributed by atoms with Gasteiger partial charge in [-0.15, -0.1) is 0 Å². The highest BCUT2D eigenvalue weighted by Gasteiger charge is 2.49. The zero-order chi connectivity index (χ0) is 31.0. The van der Waals surface area contributed by atoms with E-state index in [1.54, 1.807) is 54.8 Å². The zero-order valence-corrected chi connectivity index (χ0v) is 24.9. The van der Waals surface area contributed by atoms with E-state index in [-0.39, 0.29) is 39.4 Å². The number of aliphatic hydroxyl groups excluding tert-OH is 1. The van der Waals surface area contributed by atoms with Crippen molar-refractivity contribution in [3.63, 3.8) is 0 Å². The fourth-order valence-electron chi connectivity index (χ4n) is 5.01. The number of fused-ring (bicyclic) bond motifs is 1. The highest BCUT2D eigenvalue weighted by molar-refractivity contribution is 7.17. The van der Waals surface area contributed by atoms with E-state index in [1.807, 2.05) is 0 Å². The van der Waals surface area contributed by atoms with Crippen LogP contribution >= 0.6 is 11.3 Å². The zero-order valence-electron chi connectivity index (χ0n) is 24.0. The Hall–Kier alpha value is -5.17. The molecule has 5 rings (SSSR count). The van der Waals surface area contributed by atoms with Crippen molar-refractivity contribution in [1.82, 2.24) is 14.4 Å². The van der Waals surface area contributed by atoms with Crippen molar-refractivity contribution in [1.29, 1.82) is 0 Å². The molecule has 43 heavy (non-hydrogen) atoms. The molecule has 4 aromatic rings. The number of amides is 1. The van der Waals surface area contributed by atoms with Gasteiger partial charge in [0.1, 0.15) is 22.8 Å². The predicted molar refractivity (Wildman–Crippen MR) is 158 cm³/mol. The van der Waals surface area contributed by atoms with Gasteiger partial charge in [0.15, 0.2) is 22.4 Å². The molecule has 1 N–H and O–H groups in total. The van der Waals surface area contributed by atoms with E-state index in [0.29, 0.717) is 28.3 Å². The van der Waals surface area contributed by atoms with Crippen LogP contribution < -0.4 is 19.1 Å². The first-order valence-electron chi connectivity index (χ1n) is 13.0. The summed E-state index contributed by atoms with van der Waals surface area (Å²) in [7, 11) is 4.32. The van der Waals surface area contributed by atoms with Crippen LogP contribution in [0, 0.1) is 13.8 Å². The molecule has 0 saturated carbocycles. The number of aromatic nitrogens is 3. The average Bonchev–Trinajstić information content (AvgIpc) is 3.64. The number of thiazole rings is 1. The third kappa shape index (κ3) is 4.87. The number of aryl methyl sites for hydroxylation is 2. The quantitative estimate of drug-likeness (QED) is 0.0960. The van der Waals surface area contributed by atoms with Gasteiger partial charge in [-0.3, -0.25) is 18.9 Å². The number of nitrogens with zero attached hydrogens (tertiary/aromatic N) is 4. The van der Waals surface area contributed by atoms with Gasteiger partial charge in [0.2, 0.25) is 5.75 Å². The molecule has 0 bridgehead atoms. The van der Waals surface area contributed by atoms with E-state index < -0.39 is 29.5 Å². The number of imidazole rings is 1. The van der Waals surface area contributed by atoms with Crippen LogP contribution in [-0.2, 0) is 14.3 Å². The van der Waals surface area contributed by atoms with E-state index in [1.165, 1.54) is 27.4 Å². The van der Waals surface area contributed by atoms with E-state index >= 15 is 0 Å². The number of hydrogen-bond donors (Lipinski definition) is 1. The fraction of sp³-hybridized carbons (Fsp3) is 0.233. The van der Waals surface area contributed by atoms with Gasteiger partial charge in [-0.2, -0.15) is 0 Å². The summed E-state index contributed by atoms with van der Waals surface area (Å²) in [4.78, 5) is 50.5. The maximum absolute atomic E-state index is 13.8. The molecule has 1 saturated heterocycles. The SMILES string of the molecule is C=CCOC(=O)c1sc(N2C(=O)C(=O)C(=C(O)c3c(C)nc4ccccn34)C2c2cc(OC)c(OC)c(OC)c2)nc1C. The third-order valence-corrected chi connectivity index (χ3v) is 8.02. The summed E-state index contributed by atoms with van der Waals surface area (Å²) in [6.45, 7) is 6.82. The van der Waals surface area contributed by atoms with Crippen molar-refractivity contribution in [3.05, 3.63) is 82.3 Å². The summed E-state index contributed by atoms with van der Waals surface area (Å²) in [5, 5.41) is 11.9. The molecular formula is C30H28N4O8S. The molecule has 0 radical (unpaired) electrons. The number of ketones is 1. The van der Waals surface area contributed by atoms with Crippen molar-refractivity contribution in [2.75, 3.05) is 32.8 Å². The van der Waals surface area contributed by atoms with Crippen molar-refractivity contribution in [3.8, 4) is 17.2 Å². The molecule has 13 heteroatoms. The van der Waals surface area contributed by atoms with Gasteiger partial charge in [0.25, 0.3) is 5.78 Å². The van der Waals surface area contributed by atoms with Crippen molar-refractivity contribution in [2.45, 2.75) is 19.9 Å². The maximum atomic E-state index is 13.8. The first-order valence-corrected chi connectivity index (χ1v) is 13.8. The first kappa shape index (κ1) is 29.3. The predicted octanol–water partition coefficient (Wildman–Crippen LogP) is 4.40. The Morgan fingerprint density at radius 2 is 1.77 bits per heavy atom. The lowest BCUT2D eigenvalue weighted by molar-refractivity contribution is -0.132. The summed E-state index contributed by atoms with van der Waals surface area (Å²) in [5.41, 5.74) is 1.67. The number of methoxy groups -OCH3 is 3. The highest BCUT2D eigenvalue weighted by atomic mass is 32.1. The standard InChI is InChI=1S/C30H28N4O8S/c1-7-12-42-29(38)27-16(3)32-30(43-27)34-23(17-13-18(39-4)26(41-6)19(14-17)40-5)21(25(36)28(34)37)24(35)22-15(2)31-20-10-8-9-11-33(20)22/h7-11,13-14,23,35H,1,12H2,2-6H3. The number of Topliss-reactive ketones (excluding diaryl/α,β-unsaturated/α-hetero) is 1. The van der Waals surface area contributed by atoms with Crippen LogP contribution in [-0.4, -0.2) is 65.1 Å². The van der Waals surface area contributed by atoms with Crippen LogP contribution in [0.5, 0.6) is 17.2 Å². The molecule has 1 unspecified atom stereocenters. The summed E-state index contributed by atoms with van der Waals surface area (Å²) in [5.74, 6) is -2.18. The lowest BCUT2D eigenvalue weighted by atomic mass is 9.95. The second kappa shape index (κ2) is 11.6. The van der Waals surface area contributed by atoms with E-state index in [0.717, 1.165) is 16.2 Å². The Bertz CT molecular complexity index is 1800. The second-order valence-electron chi connectivity index (χ2n) is 9.40. The van der Waals surface area contributed by atoms with Crippen LogP contribution in [0.15, 0.2) is 54.8 Å². The molecule has 4 heterocycles. The number of benzene rings is 1. The molecule has 0 spiro atoms. The van der Waals surface area contributed by atoms with Crippen LogP contribution in [0.25, 0.3) is 11.4 Å². The van der Waals surface area contributed by atoms with E-state index in [2.05, 4.69) is 16.5 Å². The van der Waals surface area contributed by atoms with Crippen molar-refractivity contribution >= 4 is 45.5 Å². The van der Waals surface area contributed by atoms with Gasteiger partial charge in [-0.25, -0.2) is 14.8 Å². The van der Waals surface area contributed by atoms with E-state index in [9.17, 15) is 19.5 Å². The smallest absolute Gasteiger partial charge is 0.350 e. The molecule has 0 aliphatic carbocycles. The lowest BCUT2D eigenvalue weighted by Gasteiger charge is -2.24. The monoisotopic (exact) mass is 604 g/mol. The molecule has 1 aliphatic heterocycles. The summed E-state index contributed by atoms with van der Waals surface area (Å²) >= 11 is 0.888. The van der Waals surface area contributed by atoms with Crippen LogP contribution in [0.4, 0.5) is 5.13 Å². The number of rotatable bonds is 9. The van der Waals surface area contributed by atoms with Gasteiger partial charge >= 0.3 is 11.9 Å². The highest BCUT2D eigenvalue weighted by Crippen LogP contribution is 2.48. The normalized spacial score (nSPS) is 16.0. The molecular weight excluding hydrogens is 576 g/mol. The number of esters is 1. The minimum atomic E-state index is -1.20. The Kier molecular flexibility index (Phi) is 7.91. The van der Waals surface area contributed by atoms with Crippen molar-refractivity contribution < 1.29 is 38.4 Å². The third-order valence-electron chi connectivity index (χ3n) is 6.88. The number of aliphatic hydroxyl groups is 1. The summed E-state index contributed by atoms with van der Waals surface area (Å²) < 4.78 is 23.4. The summed E-state index contributed by atoms with van der Waals surface area (Å²) in [6.07, 6.45) is 3.13. The Labute approximate surface area is 250 Å². The number of anilines is 1.